The van der Waals surface area contributed by atoms with Crippen LogP contribution in [0.3, 0.4) is 0 Å². The van der Waals surface area contributed by atoms with Crippen molar-refractivity contribution in [2.75, 3.05) is 25.0 Å². The van der Waals surface area contributed by atoms with Gasteiger partial charge in [-0.15, -0.1) is 0 Å². The highest BCUT2D eigenvalue weighted by atomic mass is 16.5. The van der Waals surface area contributed by atoms with Crippen molar-refractivity contribution in [3.05, 3.63) is 36.2 Å². The molecule has 0 aliphatic rings. The zero-order chi connectivity index (χ0) is 14.4. The van der Waals surface area contributed by atoms with Crippen molar-refractivity contribution in [2.24, 2.45) is 5.84 Å². The molecule has 0 unspecified atom stereocenters. The standard InChI is InChI=1S/C13H17N5O2/c1-19-10-4-3-9(5-11(10)20-2)7-15-12-6-13(18-14)17-8-16-12/h3-6,8H,7,14H2,1-2H3,(H2,15,16,17,18). The molecule has 1 aromatic heterocycles. The maximum Gasteiger partial charge on any atom is 0.161 e. The molecular formula is C13H17N5O2. The number of aromatic nitrogens is 2. The molecule has 0 atom stereocenters. The van der Waals surface area contributed by atoms with Crippen molar-refractivity contribution in [1.29, 1.82) is 0 Å². The molecule has 0 aliphatic carbocycles. The SMILES string of the molecule is COc1ccc(CNc2cc(NN)ncn2)cc1OC. The van der Waals surface area contributed by atoms with Crippen LogP contribution in [0.15, 0.2) is 30.6 Å². The van der Waals surface area contributed by atoms with E-state index in [0.717, 1.165) is 5.56 Å². The Kier molecular flexibility index (Phi) is 4.56. The van der Waals surface area contributed by atoms with E-state index in [2.05, 4.69) is 20.7 Å². The van der Waals surface area contributed by atoms with Crippen LogP contribution < -0.4 is 26.1 Å². The summed E-state index contributed by atoms with van der Waals surface area (Å²) in [5, 5.41) is 3.18. The molecule has 0 bridgehead atoms. The van der Waals surface area contributed by atoms with Gasteiger partial charge in [-0.1, -0.05) is 6.07 Å². The molecule has 4 N–H and O–H groups in total. The number of nitrogens with zero attached hydrogens (tertiary/aromatic N) is 2. The third kappa shape index (κ3) is 3.27. The molecule has 2 rings (SSSR count). The highest BCUT2D eigenvalue weighted by Gasteiger charge is 2.05. The minimum atomic E-state index is 0.551. The van der Waals surface area contributed by atoms with Crippen LogP contribution in [0.5, 0.6) is 11.5 Å². The summed E-state index contributed by atoms with van der Waals surface area (Å²) in [5.74, 6) is 7.93. The minimum Gasteiger partial charge on any atom is -0.493 e. The monoisotopic (exact) mass is 275 g/mol. The van der Waals surface area contributed by atoms with Crippen LogP contribution >= 0.6 is 0 Å². The van der Waals surface area contributed by atoms with Crippen molar-refractivity contribution in [3.63, 3.8) is 0 Å². The second-order valence-corrected chi connectivity index (χ2v) is 3.98. The number of ether oxygens (including phenoxy) is 2. The van der Waals surface area contributed by atoms with E-state index >= 15 is 0 Å². The highest BCUT2D eigenvalue weighted by Crippen LogP contribution is 2.27. The Balaban J connectivity index is 2.06. The third-order valence-corrected chi connectivity index (χ3v) is 2.74. The average molecular weight is 275 g/mol. The number of methoxy groups -OCH3 is 2. The summed E-state index contributed by atoms with van der Waals surface area (Å²) in [6, 6.07) is 7.45. The van der Waals surface area contributed by atoms with E-state index in [0.29, 0.717) is 29.7 Å². The molecule has 7 heteroatoms. The lowest BCUT2D eigenvalue weighted by Gasteiger charge is -2.10. The first-order valence-corrected chi connectivity index (χ1v) is 6.00. The fraction of sp³-hybridized carbons (Fsp3) is 0.231. The average Bonchev–Trinajstić information content (AvgIpc) is 2.52. The maximum atomic E-state index is 5.30. The van der Waals surface area contributed by atoms with Crippen LogP contribution in [-0.2, 0) is 6.54 Å². The Morgan fingerprint density at radius 1 is 1.05 bits per heavy atom. The lowest BCUT2D eigenvalue weighted by atomic mass is 10.2. The van der Waals surface area contributed by atoms with Gasteiger partial charge in [-0.25, -0.2) is 15.8 Å². The van der Waals surface area contributed by atoms with Gasteiger partial charge in [0.05, 0.1) is 14.2 Å². The van der Waals surface area contributed by atoms with E-state index in [1.807, 2.05) is 18.2 Å². The molecule has 106 valence electrons. The summed E-state index contributed by atoms with van der Waals surface area (Å²) in [4.78, 5) is 8.04. The Morgan fingerprint density at radius 2 is 1.80 bits per heavy atom. The third-order valence-electron chi connectivity index (χ3n) is 2.74. The van der Waals surface area contributed by atoms with Gasteiger partial charge in [-0.2, -0.15) is 0 Å². The summed E-state index contributed by atoms with van der Waals surface area (Å²) in [5.41, 5.74) is 3.52. The summed E-state index contributed by atoms with van der Waals surface area (Å²) < 4.78 is 10.5. The number of nitrogens with two attached hydrogens (primary N) is 1. The van der Waals surface area contributed by atoms with E-state index in [1.54, 1.807) is 20.3 Å². The van der Waals surface area contributed by atoms with Gasteiger partial charge in [0.25, 0.3) is 0 Å². The summed E-state index contributed by atoms with van der Waals surface area (Å²) >= 11 is 0. The number of nitrogen functional groups attached to an aromatic ring is 1. The second kappa shape index (κ2) is 6.58. The Bertz CT molecular complexity index is 576. The molecule has 1 heterocycles. The number of rotatable bonds is 6. The molecule has 0 fully saturated rings. The lowest BCUT2D eigenvalue weighted by molar-refractivity contribution is 0.354. The van der Waals surface area contributed by atoms with Gasteiger partial charge in [0, 0.05) is 12.6 Å². The number of hydrazine groups is 1. The van der Waals surface area contributed by atoms with Crippen LogP contribution in [0.4, 0.5) is 11.6 Å². The predicted molar refractivity (Wildman–Crippen MR) is 76.7 cm³/mol. The predicted octanol–water partition coefficient (Wildman–Crippen LogP) is 1.39. The molecule has 20 heavy (non-hydrogen) atoms. The molecule has 1 aromatic carbocycles. The topological polar surface area (TPSA) is 94.3 Å². The molecule has 7 nitrogen and oxygen atoms in total. The number of nitrogens with one attached hydrogen (secondary N) is 2. The summed E-state index contributed by atoms with van der Waals surface area (Å²) in [6.45, 7) is 0.599. The molecule has 0 aliphatic heterocycles. The second-order valence-electron chi connectivity index (χ2n) is 3.98. The molecule has 0 radical (unpaired) electrons. The van der Waals surface area contributed by atoms with Crippen molar-refractivity contribution >= 4 is 11.6 Å². The van der Waals surface area contributed by atoms with Gasteiger partial charge in [-0.05, 0) is 17.7 Å². The van der Waals surface area contributed by atoms with Crippen LogP contribution in [0.25, 0.3) is 0 Å². The smallest absolute Gasteiger partial charge is 0.161 e. The molecule has 2 aromatic rings. The molecule has 0 amide bonds. The molecule has 0 spiro atoms. The first-order valence-electron chi connectivity index (χ1n) is 6.00. The maximum absolute atomic E-state index is 5.30. The first kappa shape index (κ1) is 13.9. The number of anilines is 2. The summed E-state index contributed by atoms with van der Waals surface area (Å²) in [7, 11) is 3.22. The quantitative estimate of drug-likeness (QED) is 0.541. The Morgan fingerprint density at radius 3 is 2.50 bits per heavy atom. The van der Waals surface area contributed by atoms with Crippen molar-refractivity contribution in [2.45, 2.75) is 6.54 Å². The van der Waals surface area contributed by atoms with E-state index in [4.69, 9.17) is 15.3 Å². The normalized spacial score (nSPS) is 9.95. The van der Waals surface area contributed by atoms with Gasteiger partial charge in [0.15, 0.2) is 11.5 Å². The fourth-order valence-corrected chi connectivity index (χ4v) is 1.72. The van der Waals surface area contributed by atoms with Crippen LogP contribution in [0, 0.1) is 0 Å². The van der Waals surface area contributed by atoms with Gasteiger partial charge >= 0.3 is 0 Å². The van der Waals surface area contributed by atoms with E-state index in [-0.39, 0.29) is 0 Å². The van der Waals surface area contributed by atoms with Crippen LogP contribution in [0.1, 0.15) is 5.56 Å². The number of hydrogen-bond donors (Lipinski definition) is 3. The molecular weight excluding hydrogens is 258 g/mol. The van der Waals surface area contributed by atoms with E-state index in [9.17, 15) is 0 Å². The van der Waals surface area contributed by atoms with Crippen molar-refractivity contribution in [1.82, 2.24) is 9.97 Å². The van der Waals surface area contributed by atoms with Crippen LogP contribution in [0.2, 0.25) is 0 Å². The van der Waals surface area contributed by atoms with Gasteiger partial charge < -0.3 is 20.2 Å². The van der Waals surface area contributed by atoms with Gasteiger partial charge in [0.2, 0.25) is 0 Å². The van der Waals surface area contributed by atoms with E-state index < -0.39 is 0 Å². The first-order chi connectivity index (χ1) is 9.76. The number of benzene rings is 1. The Hall–Kier alpha value is -2.54. The van der Waals surface area contributed by atoms with Crippen molar-refractivity contribution < 1.29 is 9.47 Å². The molecule has 0 saturated carbocycles. The zero-order valence-corrected chi connectivity index (χ0v) is 11.4. The lowest BCUT2D eigenvalue weighted by Crippen LogP contribution is -2.10. The van der Waals surface area contributed by atoms with Gasteiger partial charge in [0.1, 0.15) is 18.0 Å². The zero-order valence-electron chi connectivity index (χ0n) is 11.4. The van der Waals surface area contributed by atoms with Crippen molar-refractivity contribution in [3.8, 4) is 11.5 Å². The number of hydrogen-bond acceptors (Lipinski definition) is 7. The summed E-state index contributed by atoms with van der Waals surface area (Å²) in [6.07, 6.45) is 1.44. The van der Waals surface area contributed by atoms with Crippen LogP contribution in [-0.4, -0.2) is 24.2 Å². The minimum absolute atomic E-state index is 0.551. The molecule has 0 saturated heterocycles. The Labute approximate surface area is 117 Å². The van der Waals surface area contributed by atoms with E-state index in [1.165, 1.54) is 6.33 Å². The fourth-order valence-electron chi connectivity index (χ4n) is 1.72. The van der Waals surface area contributed by atoms with Gasteiger partial charge in [-0.3, -0.25) is 0 Å². The largest absolute Gasteiger partial charge is 0.493 e. The highest BCUT2D eigenvalue weighted by molar-refractivity contribution is 5.47.